The third-order valence-corrected chi connectivity index (χ3v) is 5.38. The number of nitrogens with zero attached hydrogens (tertiary/aromatic N) is 2. The zero-order valence-electron chi connectivity index (χ0n) is 11.9. The molecular formula is C16H16BrClN2S. The fraction of sp³-hybridized carbons (Fsp3) is 0.312. The van der Waals surface area contributed by atoms with Crippen molar-refractivity contribution in [2.24, 2.45) is 0 Å². The minimum Gasteiger partial charge on any atom is -0.326 e. The molecule has 110 valence electrons. The molecule has 0 bridgehead atoms. The van der Waals surface area contributed by atoms with Gasteiger partial charge in [0.15, 0.2) is 0 Å². The number of hydrogen-bond donors (Lipinski definition) is 0. The number of fused-ring (bicyclic) bond motifs is 1. The average molecular weight is 384 g/mol. The Morgan fingerprint density at radius 1 is 1.33 bits per heavy atom. The second-order valence-electron chi connectivity index (χ2n) is 5.19. The highest BCUT2D eigenvalue weighted by Crippen LogP contribution is 2.27. The number of aromatic nitrogens is 2. The summed E-state index contributed by atoms with van der Waals surface area (Å²) in [7, 11) is 0. The number of halogens is 2. The van der Waals surface area contributed by atoms with Crippen LogP contribution < -0.4 is 0 Å². The van der Waals surface area contributed by atoms with Crippen molar-refractivity contribution >= 4 is 49.9 Å². The van der Waals surface area contributed by atoms with Gasteiger partial charge in [0.2, 0.25) is 0 Å². The second-order valence-corrected chi connectivity index (χ2v) is 8.39. The number of hydrogen-bond acceptors (Lipinski definition) is 2. The van der Waals surface area contributed by atoms with Crippen LogP contribution in [-0.4, -0.2) is 9.55 Å². The van der Waals surface area contributed by atoms with Gasteiger partial charge in [0, 0.05) is 11.4 Å². The summed E-state index contributed by atoms with van der Waals surface area (Å²) in [6.45, 7) is 4.97. The van der Waals surface area contributed by atoms with Crippen molar-refractivity contribution in [2.75, 3.05) is 0 Å². The van der Waals surface area contributed by atoms with Gasteiger partial charge in [-0.05, 0) is 66.0 Å². The maximum atomic E-state index is 6.32. The number of rotatable bonds is 4. The topological polar surface area (TPSA) is 17.8 Å². The van der Waals surface area contributed by atoms with E-state index < -0.39 is 0 Å². The Balaban J connectivity index is 1.97. The molecule has 0 aliphatic carbocycles. The Kier molecular flexibility index (Phi) is 4.38. The molecule has 2 heterocycles. The summed E-state index contributed by atoms with van der Waals surface area (Å²) in [5.74, 6) is 0.952. The van der Waals surface area contributed by atoms with Gasteiger partial charge < -0.3 is 4.57 Å². The molecule has 0 aliphatic rings. The molecule has 0 saturated heterocycles. The molecule has 0 saturated carbocycles. The first-order chi connectivity index (χ1) is 10.0. The van der Waals surface area contributed by atoms with E-state index in [1.54, 1.807) is 11.3 Å². The minimum atomic E-state index is -0.0900. The third-order valence-electron chi connectivity index (χ3n) is 3.50. The number of imidazole rings is 1. The van der Waals surface area contributed by atoms with Crippen molar-refractivity contribution in [3.05, 3.63) is 50.4 Å². The van der Waals surface area contributed by atoms with Gasteiger partial charge in [-0.1, -0.05) is 6.07 Å². The quantitative estimate of drug-likeness (QED) is 0.527. The predicted molar refractivity (Wildman–Crippen MR) is 94.5 cm³/mol. The minimum absolute atomic E-state index is 0.0900. The van der Waals surface area contributed by atoms with Crippen molar-refractivity contribution in [2.45, 2.75) is 32.2 Å². The Morgan fingerprint density at radius 2 is 2.14 bits per heavy atom. The molecule has 3 rings (SSSR count). The molecule has 2 aromatic heterocycles. The van der Waals surface area contributed by atoms with E-state index in [2.05, 4.69) is 57.8 Å². The molecular weight excluding hydrogens is 368 g/mol. The summed E-state index contributed by atoms with van der Waals surface area (Å²) in [5, 5.41) is -0.0900. The van der Waals surface area contributed by atoms with Crippen LogP contribution >= 0.6 is 38.9 Å². The van der Waals surface area contributed by atoms with Gasteiger partial charge in [-0.2, -0.15) is 0 Å². The summed E-state index contributed by atoms with van der Waals surface area (Å²) in [5.41, 5.74) is 3.42. The molecule has 0 spiro atoms. The van der Waals surface area contributed by atoms with Gasteiger partial charge in [-0.25, -0.2) is 4.98 Å². The van der Waals surface area contributed by atoms with E-state index in [0.717, 1.165) is 24.3 Å². The summed E-state index contributed by atoms with van der Waals surface area (Å²) in [4.78, 5) is 6.08. The van der Waals surface area contributed by atoms with Crippen LogP contribution in [0.15, 0.2) is 34.1 Å². The highest BCUT2D eigenvalue weighted by molar-refractivity contribution is 9.11. The Labute approximate surface area is 141 Å². The SMILES string of the molecule is Cc1ccc2c(c1)nc(C(C)Cl)n2CCc1ccc(Br)s1. The molecule has 21 heavy (non-hydrogen) atoms. The monoisotopic (exact) mass is 382 g/mol. The molecule has 2 nitrogen and oxygen atoms in total. The Hall–Kier alpha value is -0.840. The molecule has 1 atom stereocenters. The molecule has 1 aromatic carbocycles. The van der Waals surface area contributed by atoms with Crippen molar-refractivity contribution in [3.63, 3.8) is 0 Å². The van der Waals surface area contributed by atoms with Gasteiger partial charge in [-0.3, -0.25) is 0 Å². The lowest BCUT2D eigenvalue weighted by Crippen LogP contribution is -2.06. The first-order valence-corrected chi connectivity index (χ1v) is 8.94. The van der Waals surface area contributed by atoms with E-state index in [-0.39, 0.29) is 5.38 Å². The lowest BCUT2D eigenvalue weighted by Gasteiger charge is -2.09. The number of thiophene rings is 1. The lowest BCUT2D eigenvalue weighted by atomic mass is 10.2. The van der Waals surface area contributed by atoms with Crippen LogP contribution in [0.25, 0.3) is 11.0 Å². The maximum Gasteiger partial charge on any atom is 0.127 e. The predicted octanol–water partition coefficient (Wildman–Crippen LogP) is 5.71. The standard InChI is InChI=1S/C16H16BrClN2S/c1-10-3-5-14-13(9-10)19-16(11(2)18)20(14)8-7-12-4-6-15(17)21-12/h3-6,9,11H,7-8H2,1-2H3. The average Bonchev–Trinajstić information content (AvgIpc) is 2.99. The summed E-state index contributed by atoms with van der Waals surface area (Å²) >= 11 is 11.6. The molecule has 5 heteroatoms. The largest absolute Gasteiger partial charge is 0.326 e. The number of aryl methyl sites for hydroxylation is 3. The summed E-state index contributed by atoms with van der Waals surface area (Å²) in [6, 6.07) is 10.7. The second kappa shape index (κ2) is 6.11. The molecule has 0 aliphatic heterocycles. The molecule has 0 radical (unpaired) electrons. The number of benzene rings is 1. The Morgan fingerprint density at radius 3 is 2.81 bits per heavy atom. The van der Waals surface area contributed by atoms with E-state index in [1.165, 1.54) is 19.7 Å². The molecule has 0 N–H and O–H groups in total. The highest BCUT2D eigenvalue weighted by atomic mass is 79.9. The van der Waals surface area contributed by atoms with Crippen molar-refractivity contribution in [1.29, 1.82) is 0 Å². The van der Waals surface area contributed by atoms with Crippen LogP contribution in [0.2, 0.25) is 0 Å². The van der Waals surface area contributed by atoms with Gasteiger partial charge in [0.25, 0.3) is 0 Å². The zero-order valence-corrected chi connectivity index (χ0v) is 15.1. The van der Waals surface area contributed by atoms with Crippen LogP contribution in [0.3, 0.4) is 0 Å². The number of alkyl halides is 1. The van der Waals surface area contributed by atoms with Crippen LogP contribution in [0, 0.1) is 6.92 Å². The van der Waals surface area contributed by atoms with Crippen molar-refractivity contribution < 1.29 is 0 Å². The van der Waals surface area contributed by atoms with E-state index in [1.807, 2.05) is 6.92 Å². The van der Waals surface area contributed by atoms with E-state index in [0.29, 0.717) is 0 Å². The Bertz CT molecular complexity index is 776. The van der Waals surface area contributed by atoms with Crippen LogP contribution in [0.4, 0.5) is 0 Å². The fourth-order valence-electron chi connectivity index (χ4n) is 2.51. The smallest absolute Gasteiger partial charge is 0.127 e. The molecule has 0 fully saturated rings. The van der Waals surface area contributed by atoms with Crippen LogP contribution in [-0.2, 0) is 13.0 Å². The first kappa shape index (κ1) is 15.1. The van der Waals surface area contributed by atoms with E-state index in [4.69, 9.17) is 16.6 Å². The van der Waals surface area contributed by atoms with Crippen LogP contribution in [0.1, 0.15) is 28.6 Å². The highest BCUT2D eigenvalue weighted by Gasteiger charge is 2.15. The van der Waals surface area contributed by atoms with Crippen molar-refractivity contribution in [3.8, 4) is 0 Å². The first-order valence-electron chi connectivity index (χ1n) is 6.89. The van der Waals surface area contributed by atoms with Gasteiger partial charge >= 0.3 is 0 Å². The van der Waals surface area contributed by atoms with E-state index in [9.17, 15) is 0 Å². The van der Waals surface area contributed by atoms with Crippen LogP contribution in [0.5, 0.6) is 0 Å². The normalized spacial score (nSPS) is 13.0. The maximum absolute atomic E-state index is 6.32. The van der Waals surface area contributed by atoms with Gasteiger partial charge in [0.05, 0.1) is 20.2 Å². The van der Waals surface area contributed by atoms with E-state index >= 15 is 0 Å². The molecule has 3 aromatic rings. The lowest BCUT2D eigenvalue weighted by molar-refractivity contribution is 0.672. The fourth-order valence-corrected chi connectivity index (χ4v) is 4.14. The van der Waals surface area contributed by atoms with Crippen molar-refractivity contribution in [1.82, 2.24) is 9.55 Å². The van der Waals surface area contributed by atoms with Gasteiger partial charge in [0.1, 0.15) is 5.82 Å². The summed E-state index contributed by atoms with van der Waals surface area (Å²) < 4.78 is 3.43. The summed E-state index contributed by atoms with van der Waals surface area (Å²) in [6.07, 6.45) is 0.992. The zero-order chi connectivity index (χ0) is 15.0. The third kappa shape index (κ3) is 3.17. The molecule has 1 unspecified atom stereocenters. The molecule has 0 amide bonds. The van der Waals surface area contributed by atoms with Gasteiger partial charge in [-0.15, -0.1) is 22.9 Å².